The summed E-state index contributed by atoms with van der Waals surface area (Å²) in [6.45, 7) is 2.36. The van der Waals surface area contributed by atoms with Crippen molar-refractivity contribution in [3.8, 4) is 5.75 Å². The summed E-state index contributed by atoms with van der Waals surface area (Å²) in [5.41, 5.74) is 0.559. The van der Waals surface area contributed by atoms with Crippen LogP contribution in [0.1, 0.15) is 23.7 Å². The van der Waals surface area contributed by atoms with Crippen LogP contribution in [0.4, 0.5) is 0 Å². The maximum atomic E-state index is 11.7. The number of para-hydroxylation sites is 1. The summed E-state index contributed by atoms with van der Waals surface area (Å²) in [6.07, 6.45) is 0.445. The second-order valence-electron chi connectivity index (χ2n) is 2.91. The number of carbonyl (C=O) groups excluding carboxylic acids is 1. The zero-order chi connectivity index (χ0) is 11.3. The number of benzene rings is 1. The molecule has 1 aromatic carbocycles. The van der Waals surface area contributed by atoms with Crippen molar-refractivity contribution in [3.63, 3.8) is 0 Å². The van der Waals surface area contributed by atoms with Crippen LogP contribution in [0.25, 0.3) is 0 Å². The summed E-state index contributed by atoms with van der Waals surface area (Å²) in [4.78, 5) is 11.7. The Kier molecular flexibility index (Phi) is 5.12. The molecule has 0 amide bonds. The fourth-order valence-corrected chi connectivity index (χ4v) is 1.83. The molecule has 15 heavy (non-hydrogen) atoms. The van der Waals surface area contributed by atoms with Crippen molar-refractivity contribution in [2.24, 2.45) is 0 Å². The van der Waals surface area contributed by atoms with E-state index >= 15 is 0 Å². The van der Waals surface area contributed by atoms with Crippen LogP contribution in [0.15, 0.2) is 18.2 Å². The third-order valence-electron chi connectivity index (χ3n) is 1.88. The standard InChI is InChI=1S/C11H12BrClO2/c1-2-15-11-8(10(14)6-7-12)4-3-5-9(11)13/h3-5H,2,6-7H2,1H3. The van der Waals surface area contributed by atoms with Crippen molar-refractivity contribution in [1.29, 1.82) is 0 Å². The zero-order valence-corrected chi connectivity index (χ0v) is 10.8. The molecule has 2 nitrogen and oxygen atoms in total. The molecular weight excluding hydrogens is 279 g/mol. The summed E-state index contributed by atoms with van der Waals surface area (Å²) >= 11 is 9.20. The minimum atomic E-state index is 0.0397. The zero-order valence-electron chi connectivity index (χ0n) is 8.43. The lowest BCUT2D eigenvalue weighted by Gasteiger charge is -2.10. The lowest BCUT2D eigenvalue weighted by molar-refractivity contribution is 0.0986. The van der Waals surface area contributed by atoms with Gasteiger partial charge in [-0.15, -0.1) is 0 Å². The molecule has 0 saturated carbocycles. The molecule has 0 saturated heterocycles. The lowest BCUT2D eigenvalue weighted by Crippen LogP contribution is -2.04. The summed E-state index contributed by atoms with van der Waals surface area (Å²) in [7, 11) is 0. The molecule has 1 rings (SSSR count). The molecule has 0 atom stereocenters. The number of halogens is 2. The maximum absolute atomic E-state index is 11.7. The van der Waals surface area contributed by atoms with Crippen molar-refractivity contribution < 1.29 is 9.53 Å². The molecular formula is C11H12BrClO2. The van der Waals surface area contributed by atoms with E-state index < -0.39 is 0 Å². The number of carbonyl (C=O) groups is 1. The van der Waals surface area contributed by atoms with Gasteiger partial charge in [0.25, 0.3) is 0 Å². The van der Waals surface area contributed by atoms with Gasteiger partial charge in [-0.1, -0.05) is 33.6 Å². The lowest BCUT2D eigenvalue weighted by atomic mass is 10.1. The van der Waals surface area contributed by atoms with Crippen molar-refractivity contribution in [2.45, 2.75) is 13.3 Å². The van der Waals surface area contributed by atoms with Crippen LogP contribution < -0.4 is 4.74 Å². The van der Waals surface area contributed by atoms with E-state index in [4.69, 9.17) is 16.3 Å². The average molecular weight is 292 g/mol. The van der Waals surface area contributed by atoms with Crippen LogP contribution in [-0.2, 0) is 0 Å². The van der Waals surface area contributed by atoms with Crippen molar-refractivity contribution in [2.75, 3.05) is 11.9 Å². The van der Waals surface area contributed by atoms with Gasteiger partial charge >= 0.3 is 0 Å². The topological polar surface area (TPSA) is 26.3 Å². The van der Waals surface area contributed by atoms with E-state index in [0.29, 0.717) is 34.7 Å². The van der Waals surface area contributed by atoms with Crippen molar-refractivity contribution in [3.05, 3.63) is 28.8 Å². The van der Waals surface area contributed by atoms with Crippen LogP contribution >= 0.6 is 27.5 Å². The third kappa shape index (κ3) is 3.21. The van der Waals surface area contributed by atoms with Gasteiger partial charge in [0.15, 0.2) is 5.78 Å². The molecule has 0 fully saturated rings. The van der Waals surface area contributed by atoms with E-state index in [1.54, 1.807) is 18.2 Å². The normalized spacial score (nSPS) is 10.1. The Bertz CT molecular complexity index is 352. The molecule has 0 aliphatic rings. The molecule has 0 aliphatic heterocycles. The molecule has 0 radical (unpaired) electrons. The number of hydrogen-bond acceptors (Lipinski definition) is 2. The summed E-state index contributed by atoms with van der Waals surface area (Å²) < 4.78 is 5.37. The van der Waals surface area contributed by atoms with Crippen molar-refractivity contribution in [1.82, 2.24) is 0 Å². The SMILES string of the molecule is CCOc1c(Cl)cccc1C(=O)CCBr. The van der Waals surface area contributed by atoms with Crippen LogP contribution in [0.2, 0.25) is 5.02 Å². The van der Waals surface area contributed by atoms with Gasteiger partial charge < -0.3 is 4.74 Å². The Hall–Kier alpha value is -0.540. The molecule has 0 aliphatic carbocycles. The molecule has 0 spiro atoms. The molecule has 0 N–H and O–H groups in total. The summed E-state index contributed by atoms with van der Waals surface area (Å²) in [6, 6.07) is 5.21. The first-order valence-electron chi connectivity index (χ1n) is 4.71. The van der Waals surface area contributed by atoms with Gasteiger partial charge in [-0.3, -0.25) is 4.79 Å². The summed E-state index contributed by atoms with van der Waals surface area (Å²) in [5, 5.41) is 1.13. The highest BCUT2D eigenvalue weighted by molar-refractivity contribution is 9.09. The fourth-order valence-electron chi connectivity index (χ4n) is 1.24. The van der Waals surface area contributed by atoms with E-state index in [0.717, 1.165) is 0 Å². The van der Waals surface area contributed by atoms with E-state index in [1.165, 1.54) is 0 Å². The molecule has 0 aromatic heterocycles. The Labute approximate surface area is 103 Å². The highest BCUT2D eigenvalue weighted by Crippen LogP contribution is 2.29. The fraction of sp³-hybridized carbons (Fsp3) is 0.364. The predicted octanol–water partition coefficient (Wildman–Crippen LogP) is 3.71. The first-order chi connectivity index (χ1) is 7.20. The molecule has 82 valence electrons. The summed E-state index contributed by atoms with van der Waals surface area (Å²) in [5.74, 6) is 0.533. The maximum Gasteiger partial charge on any atom is 0.167 e. The number of ether oxygens (including phenoxy) is 1. The Morgan fingerprint density at radius 3 is 2.87 bits per heavy atom. The van der Waals surface area contributed by atoms with Gasteiger partial charge in [-0.05, 0) is 19.1 Å². The highest BCUT2D eigenvalue weighted by Gasteiger charge is 2.14. The quantitative estimate of drug-likeness (QED) is 0.611. The number of hydrogen-bond donors (Lipinski definition) is 0. The van der Waals surface area contributed by atoms with Crippen LogP contribution in [0.3, 0.4) is 0 Å². The average Bonchev–Trinajstić information content (AvgIpc) is 2.21. The van der Waals surface area contributed by atoms with Gasteiger partial charge in [0.2, 0.25) is 0 Å². The van der Waals surface area contributed by atoms with Crippen LogP contribution in [0.5, 0.6) is 5.75 Å². The monoisotopic (exact) mass is 290 g/mol. The smallest absolute Gasteiger partial charge is 0.167 e. The molecule has 0 heterocycles. The van der Waals surface area contributed by atoms with E-state index in [9.17, 15) is 4.79 Å². The Balaban J connectivity index is 3.04. The molecule has 0 bridgehead atoms. The first-order valence-corrected chi connectivity index (χ1v) is 6.21. The minimum absolute atomic E-state index is 0.0397. The predicted molar refractivity (Wildman–Crippen MR) is 65.4 cm³/mol. The number of rotatable bonds is 5. The molecule has 0 unspecified atom stereocenters. The number of Topliss-reactive ketones (excluding diaryl/α,β-unsaturated/α-hetero) is 1. The van der Waals surface area contributed by atoms with Gasteiger partial charge in [-0.25, -0.2) is 0 Å². The Morgan fingerprint density at radius 1 is 1.53 bits per heavy atom. The van der Waals surface area contributed by atoms with Crippen LogP contribution in [0, 0.1) is 0 Å². The Morgan fingerprint density at radius 2 is 2.27 bits per heavy atom. The molecule has 4 heteroatoms. The van der Waals surface area contributed by atoms with Crippen molar-refractivity contribution >= 4 is 33.3 Å². The highest BCUT2D eigenvalue weighted by atomic mass is 79.9. The van der Waals surface area contributed by atoms with E-state index in [-0.39, 0.29) is 5.78 Å². The molecule has 1 aromatic rings. The third-order valence-corrected chi connectivity index (χ3v) is 2.57. The largest absolute Gasteiger partial charge is 0.492 e. The second kappa shape index (κ2) is 6.13. The minimum Gasteiger partial charge on any atom is -0.492 e. The number of alkyl halides is 1. The first kappa shape index (κ1) is 12.5. The van der Waals surface area contributed by atoms with E-state index in [2.05, 4.69) is 15.9 Å². The van der Waals surface area contributed by atoms with Gasteiger partial charge in [-0.2, -0.15) is 0 Å². The number of ketones is 1. The second-order valence-corrected chi connectivity index (χ2v) is 4.11. The van der Waals surface area contributed by atoms with Crippen LogP contribution in [-0.4, -0.2) is 17.7 Å². The van der Waals surface area contributed by atoms with Gasteiger partial charge in [0, 0.05) is 11.8 Å². The van der Waals surface area contributed by atoms with Gasteiger partial charge in [0.1, 0.15) is 5.75 Å². The van der Waals surface area contributed by atoms with E-state index in [1.807, 2.05) is 6.92 Å². The van der Waals surface area contributed by atoms with Gasteiger partial charge in [0.05, 0.1) is 17.2 Å².